The molecular weight excluding hydrogens is 270 g/mol. The second-order valence-corrected chi connectivity index (χ2v) is 6.40. The third kappa shape index (κ3) is 2.58. The van der Waals surface area contributed by atoms with Crippen LogP contribution in [0.25, 0.3) is 10.3 Å². The summed E-state index contributed by atoms with van der Waals surface area (Å²) in [6.07, 6.45) is 3.94. The Balaban J connectivity index is 1.62. The van der Waals surface area contributed by atoms with Crippen molar-refractivity contribution in [3.05, 3.63) is 16.6 Å². The van der Waals surface area contributed by atoms with Crippen molar-refractivity contribution in [1.29, 1.82) is 5.26 Å². The molecule has 5 heteroatoms. The molecule has 2 aromatic heterocycles. The van der Waals surface area contributed by atoms with Crippen LogP contribution in [0, 0.1) is 18.3 Å². The SMILES string of the molecule is Cc1csc2c(C3CCN(CCCC#N)CC3)noc12. The summed E-state index contributed by atoms with van der Waals surface area (Å²) in [6, 6.07) is 2.21. The molecule has 0 bridgehead atoms. The molecule has 1 aliphatic rings. The first-order valence-electron chi connectivity index (χ1n) is 7.22. The minimum Gasteiger partial charge on any atom is -0.355 e. The summed E-state index contributed by atoms with van der Waals surface area (Å²) in [5.74, 6) is 0.529. The number of unbranched alkanes of at least 4 members (excludes halogenated alkanes) is 1. The number of aryl methyl sites for hydroxylation is 1. The maximum Gasteiger partial charge on any atom is 0.180 e. The Kier molecular flexibility index (Phi) is 4.04. The van der Waals surface area contributed by atoms with Crippen molar-refractivity contribution >= 4 is 21.6 Å². The quantitative estimate of drug-likeness (QED) is 0.806. The van der Waals surface area contributed by atoms with E-state index in [0.717, 1.165) is 50.2 Å². The van der Waals surface area contributed by atoms with Crippen LogP contribution < -0.4 is 0 Å². The Morgan fingerprint density at radius 1 is 1.50 bits per heavy atom. The van der Waals surface area contributed by atoms with E-state index in [1.54, 1.807) is 11.3 Å². The molecule has 1 fully saturated rings. The Morgan fingerprint density at radius 3 is 3.05 bits per heavy atom. The largest absolute Gasteiger partial charge is 0.355 e. The van der Waals surface area contributed by atoms with Crippen molar-refractivity contribution < 1.29 is 4.52 Å². The van der Waals surface area contributed by atoms with Gasteiger partial charge < -0.3 is 9.42 Å². The van der Waals surface area contributed by atoms with Gasteiger partial charge in [-0.25, -0.2) is 0 Å². The number of fused-ring (bicyclic) bond motifs is 1. The molecule has 0 unspecified atom stereocenters. The number of thiophene rings is 1. The highest BCUT2D eigenvalue weighted by Gasteiger charge is 2.25. The molecule has 0 spiro atoms. The fourth-order valence-corrected chi connectivity index (χ4v) is 3.96. The zero-order valence-electron chi connectivity index (χ0n) is 11.8. The molecule has 4 nitrogen and oxygen atoms in total. The first-order valence-corrected chi connectivity index (χ1v) is 8.10. The van der Waals surface area contributed by atoms with Crippen LogP contribution in [-0.2, 0) is 0 Å². The topological polar surface area (TPSA) is 53.1 Å². The van der Waals surface area contributed by atoms with Crippen LogP contribution in [0.4, 0.5) is 0 Å². The monoisotopic (exact) mass is 289 g/mol. The normalized spacial score (nSPS) is 17.6. The lowest BCUT2D eigenvalue weighted by atomic mass is 9.93. The van der Waals surface area contributed by atoms with Crippen LogP contribution >= 0.6 is 11.3 Å². The molecule has 0 radical (unpaired) electrons. The van der Waals surface area contributed by atoms with E-state index >= 15 is 0 Å². The van der Waals surface area contributed by atoms with Gasteiger partial charge in [-0.05, 0) is 51.2 Å². The van der Waals surface area contributed by atoms with Crippen molar-refractivity contribution in [2.24, 2.45) is 0 Å². The molecule has 0 aliphatic carbocycles. The molecule has 106 valence electrons. The highest BCUT2D eigenvalue weighted by Crippen LogP contribution is 2.36. The van der Waals surface area contributed by atoms with Crippen LogP contribution in [0.15, 0.2) is 9.90 Å². The van der Waals surface area contributed by atoms with Gasteiger partial charge in [0.25, 0.3) is 0 Å². The number of nitrogens with zero attached hydrogens (tertiary/aromatic N) is 3. The van der Waals surface area contributed by atoms with Gasteiger partial charge in [0, 0.05) is 17.9 Å². The average molecular weight is 289 g/mol. The van der Waals surface area contributed by atoms with Gasteiger partial charge >= 0.3 is 0 Å². The molecule has 0 aromatic carbocycles. The first-order chi connectivity index (χ1) is 9.79. The highest BCUT2D eigenvalue weighted by atomic mass is 32.1. The molecule has 0 atom stereocenters. The van der Waals surface area contributed by atoms with Gasteiger partial charge in [-0.1, -0.05) is 5.16 Å². The van der Waals surface area contributed by atoms with E-state index in [-0.39, 0.29) is 0 Å². The maximum absolute atomic E-state index is 8.58. The lowest BCUT2D eigenvalue weighted by Gasteiger charge is -2.30. The van der Waals surface area contributed by atoms with Crippen molar-refractivity contribution in [3.8, 4) is 6.07 Å². The minimum absolute atomic E-state index is 0.529. The van der Waals surface area contributed by atoms with Crippen LogP contribution in [-0.4, -0.2) is 29.7 Å². The van der Waals surface area contributed by atoms with Crippen LogP contribution in [0.5, 0.6) is 0 Å². The van der Waals surface area contributed by atoms with Crippen molar-refractivity contribution in [1.82, 2.24) is 10.1 Å². The average Bonchev–Trinajstić information content (AvgIpc) is 3.04. The molecule has 0 N–H and O–H groups in total. The van der Waals surface area contributed by atoms with Crippen LogP contribution in [0.3, 0.4) is 0 Å². The number of piperidine rings is 1. The minimum atomic E-state index is 0.529. The van der Waals surface area contributed by atoms with E-state index in [4.69, 9.17) is 9.78 Å². The molecule has 1 aliphatic heterocycles. The molecule has 2 aromatic rings. The third-order valence-electron chi connectivity index (χ3n) is 4.12. The summed E-state index contributed by atoms with van der Waals surface area (Å²) in [4.78, 5) is 2.46. The maximum atomic E-state index is 8.58. The second kappa shape index (κ2) is 5.94. The smallest absolute Gasteiger partial charge is 0.180 e. The van der Waals surface area contributed by atoms with Crippen molar-refractivity contribution in [2.75, 3.05) is 19.6 Å². The van der Waals surface area contributed by atoms with Gasteiger partial charge in [0.05, 0.1) is 10.8 Å². The van der Waals surface area contributed by atoms with E-state index < -0.39 is 0 Å². The van der Waals surface area contributed by atoms with E-state index in [1.165, 1.54) is 10.3 Å². The molecule has 3 heterocycles. The number of likely N-dealkylation sites (tertiary alicyclic amines) is 1. The second-order valence-electron chi connectivity index (χ2n) is 5.52. The molecule has 0 amide bonds. The fraction of sp³-hybridized carbons (Fsp3) is 0.600. The standard InChI is InChI=1S/C15H19N3OS/c1-11-10-20-15-13(17-19-14(11)15)12-4-8-18(9-5-12)7-3-2-6-16/h10,12H,2-5,7-9H2,1H3. The lowest BCUT2D eigenvalue weighted by Crippen LogP contribution is -2.33. The van der Waals surface area contributed by atoms with Crippen LogP contribution in [0.2, 0.25) is 0 Å². The number of nitriles is 1. The van der Waals surface area contributed by atoms with Crippen molar-refractivity contribution in [2.45, 2.75) is 38.5 Å². The summed E-state index contributed by atoms with van der Waals surface area (Å²) in [7, 11) is 0. The summed E-state index contributed by atoms with van der Waals surface area (Å²) < 4.78 is 6.73. The first kappa shape index (κ1) is 13.6. The van der Waals surface area contributed by atoms with Gasteiger partial charge in [0.2, 0.25) is 0 Å². The summed E-state index contributed by atoms with van der Waals surface area (Å²) in [5, 5.41) is 15.0. The van der Waals surface area contributed by atoms with Gasteiger partial charge in [-0.2, -0.15) is 5.26 Å². The van der Waals surface area contributed by atoms with E-state index in [1.807, 2.05) is 0 Å². The lowest BCUT2D eigenvalue weighted by molar-refractivity contribution is 0.208. The number of hydrogen-bond donors (Lipinski definition) is 0. The highest BCUT2D eigenvalue weighted by molar-refractivity contribution is 7.17. The summed E-state index contributed by atoms with van der Waals surface area (Å²) in [6.45, 7) is 5.34. The Hall–Kier alpha value is -1.38. The van der Waals surface area contributed by atoms with Gasteiger partial charge in [0.15, 0.2) is 5.58 Å². The Morgan fingerprint density at radius 2 is 2.30 bits per heavy atom. The van der Waals surface area contributed by atoms with E-state index in [0.29, 0.717) is 12.3 Å². The predicted octanol–water partition coefficient (Wildman–Crippen LogP) is 3.68. The number of aromatic nitrogens is 1. The summed E-state index contributed by atoms with van der Waals surface area (Å²) >= 11 is 1.75. The molecule has 3 rings (SSSR count). The number of hydrogen-bond acceptors (Lipinski definition) is 5. The molecular formula is C15H19N3OS. The molecule has 20 heavy (non-hydrogen) atoms. The van der Waals surface area contributed by atoms with Gasteiger partial charge in [0.1, 0.15) is 5.69 Å². The van der Waals surface area contributed by atoms with Crippen LogP contribution in [0.1, 0.15) is 42.9 Å². The van der Waals surface area contributed by atoms with Gasteiger partial charge in [-0.15, -0.1) is 11.3 Å². The Bertz CT molecular complexity index is 617. The zero-order chi connectivity index (χ0) is 13.9. The number of rotatable bonds is 4. The molecule has 1 saturated heterocycles. The third-order valence-corrected chi connectivity index (χ3v) is 5.22. The molecule has 0 saturated carbocycles. The van der Waals surface area contributed by atoms with Crippen molar-refractivity contribution in [3.63, 3.8) is 0 Å². The zero-order valence-corrected chi connectivity index (χ0v) is 12.6. The fourth-order valence-electron chi connectivity index (χ4n) is 2.93. The summed E-state index contributed by atoms with van der Waals surface area (Å²) in [5.41, 5.74) is 3.33. The Labute approximate surface area is 123 Å². The van der Waals surface area contributed by atoms with Gasteiger partial charge in [-0.3, -0.25) is 0 Å². The van der Waals surface area contributed by atoms with E-state index in [2.05, 4.69) is 28.4 Å². The van der Waals surface area contributed by atoms with E-state index in [9.17, 15) is 0 Å². The predicted molar refractivity (Wildman–Crippen MR) is 79.9 cm³/mol.